The zero-order valence-electron chi connectivity index (χ0n) is 11.3. The Balaban J connectivity index is 2.20. The van der Waals surface area contributed by atoms with Crippen LogP contribution in [0.4, 0.5) is 13.2 Å². The molecular formula is C14H18F3NO2. The molecule has 1 aromatic carbocycles. The first-order valence-corrected chi connectivity index (χ1v) is 6.70. The minimum atomic E-state index is -4.15. The van der Waals surface area contributed by atoms with Crippen molar-refractivity contribution in [2.75, 3.05) is 19.8 Å². The fraction of sp³-hybridized carbons (Fsp3) is 0.571. The van der Waals surface area contributed by atoms with Crippen LogP contribution in [-0.2, 0) is 0 Å². The van der Waals surface area contributed by atoms with Gasteiger partial charge in [-0.25, -0.2) is 0 Å². The first-order chi connectivity index (χ1) is 9.51. The highest BCUT2D eigenvalue weighted by molar-refractivity contribution is 5.48. The van der Waals surface area contributed by atoms with E-state index < -0.39 is 18.6 Å². The zero-order valence-corrected chi connectivity index (χ0v) is 11.3. The third-order valence-corrected chi connectivity index (χ3v) is 3.14. The quantitative estimate of drug-likeness (QED) is 0.900. The van der Waals surface area contributed by atoms with E-state index in [1.54, 1.807) is 18.2 Å². The van der Waals surface area contributed by atoms with Crippen molar-refractivity contribution in [1.82, 2.24) is 5.32 Å². The summed E-state index contributed by atoms with van der Waals surface area (Å²) in [6, 6.07) is 4.95. The minimum absolute atomic E-state index is 0.0167. The largest absolute Gasteiger partial charge is 0.486 e. The van der Waals surface area contributed by atoms with Crippen molar-refractivity contribution < 1.29 is 22.6 Å². The van der Waals surface area contributed by atoms with Gasteiger partial charge in [-0.3, -0.25) is 0 Å². The summed E-state index contributed by atoms with van der Waals surface area (Å²) >= 11 is 0. The average molecular weight is 289 g/mol. The molecule has 0 bridgehead atoms. The molecular weight excluding hydrogens is 271 g/mol. The number of ether oxygens (including phenoxy) is 2. The van der Waals surface area contributed by atoms with Gasteiger partial charge in [-0.2, -0.15) is 13.2 Å². The molecule has 1 aliphatic rings. The first kappa shape index (κ1) is 15.0. The van der Waals surface area contributed by atoms with Crippen molar-refractivity contribution in [3.8, 4) is 11.5 Å². The molecule has 0 aliphatic carbocycles. The number of alkyl halides is 3. The van der Waals surface area contributed by atoms with Crippen LogP contribution in [0.1, 0.15) is 31.4 Å². The predicted octanol–water partition coefficient (Wildman–Crippen LogP) is 3.45. The van der Waals surface area contributed by atoms with Crippen molar-refractivity contribution >= 4 is 0 Å². The highest BCUT2D eigenvalue weighted by atomic mass is 19.4. The van der Waals surface area contributed by atoms with E-state index >= 15 is 0 Å². The molecule has 0 saturated heterocycles. The van der Waals surface area contributed by atoms with Gasteiger partial charge in [-0.15, -0.1) is 0 Å². The second-order valence-corrected chi connectivity index (χ2v) is 4.64. The van der Waals surface area contributed by atoms with Gasteiger partial charge < -0.3 is 14.8 Å². The topological polar surface area (TPSA) is 30.5 Å². The van der Waals surface area contributed by atoms with Crippen LogP contribution in [-0.4, -0.2) is 25.9 Å². The van der Waals surface area contributed by atoms with Gasteiger partial charge in [0.1, 0.15) is 13.2 Å². The van der Waals surface area contributed by atoms with Crippen LogP contribution in [0.5, 0.6) is 11.5 Å². The molecule has 0 radical (unpaired) electrons. The van der Waals surface area contributed by atoms with Gasteiger partial charge in [0.15, 0.2) is 11.5 Å². The smallest absolute Gasteiger partial charge is 0.389 e. The van der Waals surface area contributed by atoms with Gasteiger partial charge in [-0.05, 0) is 19.0 Å². The maximum atomic E-state index is 12.4. The molecule has 1 aliphatic heterocycles. The highest BCUT2D eigenvalue weighted by Gasteiger charge is 2.30. The lowest BCUT2D eigenvalue weighted by molar-refractivity contribution is -0.136. The van der Waals surface area contributed by atoms with Gasteiger partial charge in [0.05, 0.1) is 0 Å². The molecule has 0 spiro atoms. The van der Waals surface area contributed by atoms with Crippen LogP contribution in [0.3, 0.4) is 0 Å². The van der Waals surface area contributed by atoms with Gasteiger partial charge in [0.25, 0.3) is 0 Å². The van der Waals surface area contributed by atoms with E-state index in [0.29, 0.717) is 31.3 Å². The highest BCUT2D eigenvalue weighted by Crippen LogP contribution is 2.39. The Hall–Kier alpha value is -1.43. The van der Waals surface area contributed by atoms with Crippen LogP contribution in [0, 0.1) is 0 Å². The number of hydrogen-bond acceptors (Lipinski definition) is 3. The number of nitrogens with one attached hydrogen (secondary N) is 1. The Labute approximate surface area is 116 Å². The minimum Gasteiger partial charge on any atom is -0.486 e. The maximum Gasteiger partial charge on any atom is 0.389 e. The molecule has 20 heavy (non-hydrogen) atoms. The number of benzene rings is 1. The van der Waals surface area contributed by atoms with Gasteiger partial charge in [0.2, 0.25) is 0 Å². The molecule has 1 heterocycles. The normalized spacial score (nSPS) is 16.0. The molecule has 2 rings (SSSR count). The van der Waals surface area contributed by atoms with Crippen molar-refractivity contribution in [1.29, 1.82) is 0 Å². The SMILES string of the molecule is CCNC(CCC(F)(F)F)c1cccc2c1OCCO2. The fourth-order valence-corrected chi connectivity index (χ4v) is 2.29. The Morgan fingerprint density at radius 1 is 1.25 bits per heavy atom. The second kappa shape index (κ2) is 6.35. The third kappa shape index (κ3) is 3.79. The Bertz CT molecular complexity index is 449. The Kier molecular flexibility index (Phi) is 4.75. The summed E-state index contributed by atoms with van der Waals surface area (Å²) in [6.45, 7) is 3.34. The molecule has 112 valence electrons. The third-order valence-electron chi connectivity index (χ3n) is 3.14. The van der Waals surface area contributed by atoms with E-state index in [2.05, 4.69) is 5.32 Å². The summed E-state index contributed by atoms with van der Waals surface area (Å²) < 4.78 is 48.3. The van der Waals surface area contributed by atoms with Gasteiger partial charge >= 0.3 is 6.18 Å². The number of para-hydroxylation sites is 1. The van der Waals surface area contributed by atoms with Gasteiger partial charge in [0, 0.05) is 18.0 Å². The monoisotopic (exact) mass is 289 g/mol. The summed E-state index contributed by atoms with van der Waals surface area (Å²) in [5.41, 5.74) is 0.730. The molecule has 1 N–H and O–H groups in total. The van der Waals surface area contributed by atoms with Crippen LogP contribution in [0.2, 0.25) is 0 Å². The zero-order chi connectivity index (χ0) is 14.6. The molecule has 1 unspecified atom stereocenters. The fourth-order valence-electron chi connectivity index (χ4n) is 2.29. The standard InChI is InChI=1S/C14H18F3NO2/c1-2-18-11(6-7-14(15,16)17)10-4-3-5-12-13(10)20-9-8-19-12/h3-5,11,18H,2,6-9H2,1H3. The number of halogens is 3. The van der Waals surface area contributed by atoms with Crippen LogP contribution < -0.4 is 14.8 Å². The van der Waals surface area contributed by atoms with E-state index in [9.17, 15) is 13.2 Å². The summed E-state index contributed by atoms with van der Waals surface area (Å²) in [4.78, 5) is 0. The first-order valence-electron chi connectivity index (χ1n) is 6.70. The van der Waals surface area contributed by atoms with Crippen molar-refractivity contribution in [2.24, 2.45) is 0 Å². The molecule has 1 atom stereocenters. The predicted molar refractivity (Wildman–Crippen MR) is 69.1 cm³/mol. The van der Waals surface area contributed by atoms with E-state index in [4.69, 9.17) is 9.47 Å². The lowest BCUT2D eigenvalue weighted by Crippen LogP contribution is -2.25. The summed E-state index contributed by atoms with van der Waals surface area (Å²) in [5.74, 6) is 1.16. The molecule has 6 heteroatoms. The molecule has 0 amide bonds. The Morgan fingerprint density at radius 3 is 2.70 bits per heavy atom. The van der Waals surface area contributed by atoms with E-state index in [-0.39, 0.29) is 6.42 Å². The van der Waals surface area contributed by atoms with Crippen molar-refractivity contribution in [3.63, 3.8) is 0 Å². The molecule has 0 saturated carbocycles. The number of hydrogen-bond donors (Lipinski definition) is 1. The van der Waals surface area contributed by atoms with Crippen LogP contribution in [0.25, 0.3) is 0 Å². The number of rotatable bonds is 5. The Morgan fingerprint density at radius 2 is 2.00 bits per heavy atom. The van der Waals surface area contributed by atoms with Crippen LogP contribution >= 0.6 is 0 Å². The molecule has 0 fully saturated rings. The van der Waals surface area contributed by atoms with Crippen molar-refractivity contribution in [3.05, 3.63) is 23.8 Å². The second-order valence-electron chi connectivity index (χ2n) is 4.64. The van der Waals surface area contributed by atoms with E-state index in [0.717, 1.165) is 5.56 Å². The summed E-state index contributed by atoms with van der Waals surface area (Å²) in [6.07, 6.45) is -4.99. The average Bonchev–Trinajstić information content (AvgIpc) is 2.42. The molecule has 0 aromatic heterocycles. The van der Waals surface area contributed by atoms with Gasteiger partial charge in [-0.1, -0.05) is 19.1 Å². The lowest BCUT2D eigenvalue weighted by atomic mass is 10.00. The maximum absolute atomic E-state index is 12.4. The molecule has 3 nitrogen and oxygen atoms in total. The van der Waals surface area contributed by atoms with E-state index in [1.165, 1.54) is 0 Å². The lowest BCUT2D eigenvalue weighted by Gasteiger charge is -2.26. The van der Waals surface area contributed by atoms with Crippen LogP contribution in [0.15, 0.2) is 18.2 Å². The summed E-state index contributed by atoms with van der Waals surface area (Å²) in [7, 11) is 0. The molecule has 1 aromatic rings. The van der Waals surface area contributed by atoms with Crippen molar-refractivity contribution in [2.45, 2.75) is 32.0 Å². The number of fused-ring (bicyclic) bond motifs is 1. The van der Waals surface area contributed by atoms with E-state index in [1.807, 2.05) is 6.92 Å². The summed E-state index contributed by atoms with van der Waals surface area (Å²) in [5, 5.41) is 3.09.